The Morgan fingerprint density at radius 2 is 0.812 bits per heavy atom. The van der Waals surface area contributed by atoms with Crippen LogP contribution in [0.25, 0.3) is 32.7 Å². The number of aromatic amines is 3. The molecule has 6 aromatic carbocycles. The fourth-order valence-corrected chi connectivity index (χ4v) is 10.7. The topological polar surface area (TPSA) is 380 Å². The van der Waals surface area contributed by atoms with E-state index in [2.05, 4.69) is 46.4 Å². The predicted molar refractivity (Wildman–Crippen MR) is 366 cm³/mol. The number of fused-ring (bicyclic) bond motifs is 5. The van der Waals surface area contributed by atoms with E-state index in [4.69, 9.17) is 25.4 Å². The van der Waals surface area contributed by atoms with Crippen molar-refractivity contribution in [2.75, 3.05) is 23.5 Å². The van der Waals surface area contributed by atoms with Gasteiger partial charge in [-0.05, 0) is 129 Å². The first-order chi connectivity index (χ1) is 43.7. The first-order valence-corrected chi connectivity index (χ1v) is 30.0. The van der Waals surface area contributed by atoms with E-state index >= 15 is 0 Å². The Kier molecular flexibility index (Phi) is 23.3. The maximum atomic E-state index is 13.0. The van der Waals surface area contributed by atoms with Crippen molar-refractivity contribution in [2.24, 2.45) is 0 Å². The number of phenols is 1. The minimum Gasteiger partial charge on any atom is -0.870 e. The van der Waals surface area contributed by atoms with E-state index in [1.807, 2.05) is 87.4 Å². The zero-order valence-electron chi connectivity index (χ0n) is 56.9. The number of hydrogen-bond acceptors (Lipinski definition) is 15. The van der Waals surface area contributed by atoms with Crippen LogP contribution >= 0.6 is 0 Å². The molecule has 0 saturated carbocycles. The first-order valence-electron chi connectivity index (χ1n) is 30.0. The number of carboxylic acids is 2. The summed E-state index contributed by atoms with van der Waals surface area (Å²) in [6, 6.07) is 31.0. The molecule has 0 bridgehead atoms. The molecule has 3 aromatic heterocycles. The van der Waals surface area contributed by atoms with Gasteiger partial charge in [-0.15, -0.1) is 0 Å². The van der Waals surface area contributed by atoms with E-state index in [9.17, 15) is 53.4 Å². The van der Waals surface area contributed by atoms with E-state index in [1.54, 1.807) is 84.9 Å². The van der Waals surface area contributed by atoms with Crippen LogP contribution in [-0.4, -0.2) is 83.7 Å². The summed E-state index contributed by atoms with van der Waals surface area (Å²) in [6.45, 7) is 28.5. The van der Waals surface area contributed by atoms with E-state index in [0.717, 1.165) is 29.4 Å². The standard InChI is InChI=1S/C24H26N2O5.C24H24N2O4.C14H19NO2.C10H7NO3.CH4O.Na.H2O/c1-23(2,3)15-10-16(24(4,5)22(30)31)19(27)11-18(15)26-21(29)14-12-25-17-9-7-6-8-13(17)20(14)28;1-23(2,3)15-10-16-19(30-22(29)24(16,4)5)11-18(15)26-21(28)14-12-25-17-9-7-6-8-13(17)20(14)27;1-13(2,3)8-6-9-11(7-10(8)15)17-12(16)14(9,4)5;12-9-6-3-1-2-4-8(6)11-5-7(9)10(13)14;1-2;;/h6-12,27H,1-5H3,(H,25,28)(H,26,29)(H,30,31);6-12H,1-5H3,(H,25,27)(H,26,28);6-7H,15H2,1-5H3;1-5H,(H,11,12)(H,13,14);2H,1H3;;1H2/q;;;;;+1;/p-1. The molecule has 23 heteroatoms. The summed E-state index contributed by atoms with van der Waals surface area (Å²) < 4.78 is 10.7. The molecule has 2 amide bonds. The Hall–Kier alpha value is -9.71. The van der Waals surface area contributed by atoms with Gasteiger partial charge in [0.1, 0.15) is 33.9 Å². The van der Waals surface area contributed by atoms with E-state index in [1.165, 1.54) is 38.5 Å². The maximum absolute atomic E-state index is 13.0. The molecule has 0 radical (unpaired) electrons. The van der Waals surface area contributed by atoms with Crippen LogP contribution in [0.3, 0.4) is 0 Å². The molecule has 5 heterocycles. The zero-order chi connectivity index (χ0) is 70.1. The van der Waals surface area contributed by atoms with Crippen molar-refractivity contribution in [3.8, 4) is 17.2 Å². The fourth-order valence-electron chi connectivity index (χ4n) is 10.7. The van der Waals surface area contributed by atoms with Crippen molar-refractivity contribution in [1.82, 2.24) is 15.0 Å². The van der Waals surface area contributed by atoms with Crippen LogP contribution in [0.5, 0.6) is 17.2 Å². The number of amides is 2. The van der Waals surface area contributed by atoms with Gasteiger partial charge in [0, 0.05) is 110 Å². The molecule has 0 unspecified atom stereocenters. The summed E-state index contributed by atoms with van der Waals surface area (Å²) in [7, 11) is 1.00. The third-order valence-electron chi connectivity index (χ3n) is 16.4. The van der Waals surface area contributed by atoms with Gasteiger partial charge in [0.05, 0.1) is 16.2 Å². The largest absolute Gasteiger partial charge is 1.00 e. The van der Waals surface area contributed by atoms with Gasteiger partial charge in [0.15, 0.2) is 0 Å². The number of hydrogen-bond donors (Lipinski definition) is 10. The molecule has 500 valence electrons. The summed E-state index contributed by atoms with van der Waals surface area (Å²) in [4.78, 5) is 118. The summed E-state index contributed by atoms with van der Waals surface area (Å²) >= 11 is 0. The number of rotatable bonds is 7. The number of esters is 2. The molecule has 2 aliphatic rings. The number of aromatic carboxylic acids is 1. The second-order valence-corrected chi connectivity index (χ2v) is 27.4. The number of para-hydroxylation sites is 3. The Morgan fingerprint density at radius 3 is 1.19 bits per heavy atom. The average Bonchev–Trinajstić information content (AvgIpc) is 1.53. The van der Waals surface area contributed by atoms with Crippen molar-refractivity contribution in [1.29, 1.82) is 0 Å². The Morgan fingerprint density at radius 1 is 0.479 bits per heavy atom. The van der Waals surface area contributed by atoms with Crippen LogP contribution in [0.2, 0.25) is 0 Å². The number of nitrogens with one attached hydrogen (secondary N) is 5. The van der Waals surface area contributed by atoms with Gasteiger partial charge >= 0.3 is 53.4 Å². The van der Waals surface area contributed by atoms with Gasteiger partial charge < -0.3 is 66.7 Å². The van der Waals surface area contributed by atoms with Crippen molar-refractivity contribution < 1.29 is 93.7 Å². The van der Waals surface area contributed by atoms with Crippen molar-refractivity contribution >= 4 is 85.5 Å². The normalized spacial score (nSPS) is 13.3. The molecular weight excluding hydrogens is 1240 g/mol. The number of aromatic hydroxyl groups is 1. The number of aliphatic hydroxyl groups is 1. The summed E-state index contributed by atoms with van der Waals surface area (Å²) in [5.74, 6) is -3.18. The monoisotopic (exact) mass is 1320 g/mol. The molecule has 96 heavy (non-hydrogen) atoms. The smallest absolute Gasteiger partial charge is 0.870 e. The number of carbonyl (C=O) groups excluding carboxylic acids is 4. The molecule has 0 aliphatic carbocycles. The predicted octanol–water partition coefficient (Wildman–Crippen LogP) is 8.85. The molecular formula is C73H81N6NaO16. The molecule has 22 nitrogen and oxygen atoms in total. The molecule has 0 spiro atoms. The summed E-state index contributed by atoms with van der Waals surface area (Å²) in [6.07, 6.45) is 4.00. The van der Waals surface area contributed by atoms with Gasteiger partial charge in [-0.3, -0.25) is 38.4 Å². The van der Waals surface area contributed by atoms with E-state index in [-0.39, 0.29) is 91.2 Å². The molecule has 0 fully saturated rings. The van der Waals surface area contributed by atoms with Crippen LogP contribution in [-0.2, 0) is 46.9 Å². The quantitative estimate of drug-likeness (QED) is 0.0308. The van der Waals surface area contributed by atoms with Crippen molar-refractivity contribution in [3.63, 3.8) is 0 Å². The second-order valence-electron chi connectivity index (χ2n) is 27.4. The summed E-state index contributed by atoms with van der Waals surface area (Å²) in [5.41, 5.74) is 9.02. The van der Waals surface area contributed by atoms with Gasteiger partial charge in [-0.1, -0.05) is 98.7 Å². The first kappa shape index (κ1) is 77.0. The Bertz CT molecular complexity index is 4710. The maximum Gasteiger partial charge on any atom is 1.00 e. The molecule has 9 aromatic rings. The molecule has 2 aliphatic heterocycles. The molecule has 0 saturated heterocycles. The number of nitrogen functional groups attached to an aromatic ring is 1. The van der Waals surface area contributed by atoms with Gasteiger partial charge in [-0.2, -0.15) is 0 Å². The number of aromatic nitrogens is 3. The SMILES string of the molecule is CC(C)(C)c1cc(C(C)(C)C(=O)O)c(O)cc1NC(=O)c1c[nH]c2ccccc2c1=O.CC(C)(C)c1cc2c(cc1N)OC(=O)C2(C)C.CC(C)(C)c1cc2c(cc1NC(=O)c1c[nH]c3ccccc3c1=O)OC(=O)C2(C)C.CO.O=C(O)c1c[nH]c2ccccc2c1=O.[Na+].[OH-]. The Labute approximate surface area is 576 Å². The fraction of sp³-hybridized carbons (Fsp3) is 0.301. The molecule has 12 N–H and O–H groups in total. The number of pyridine rings is 3. The van der Waals surface area contributed by atoms with Crippen molar-refractivity contribution in [2.45, 2.75) is 136 Å². The number of carboxylic acid groups (broad SMARTS) is 2. The third-order valence-corrected chi connectivity index (χ3v) is 16.4. The number of nitrogens with two attached hydrogens (primary N) is 1. The number of benzene rings is 6. The van der Waals surface area contributed by atoms with Crippen LogP contribution in [0, 0.1) is 0 Å². The molecule has 11 rings (SSSR count). The number of ether oxygens (including phenoxy) is 2. The number of phenolic OH excluding ortho intramolecular Hbond substituents is 1. The third kappa shape index (κ3) is 15.8. The van der Waals surface area contributed by atoms with Crippen LogP contribution in [0.15, 0.2) is 142 Å². The van der Waals surface area contributed by atoms with Crippen LogP contribution in [0.4, 0.5) is 17.1 Å². The van der Waals surface area contributed by atoms with Gasteiger partial charge in [0.25, 0.3) is 11.8 Å². The van der Waals surface area contributed by atoms with Crippen molar-refractivity contribution in [3.05, 3.63) is 209 Å². The van der Waals surface area contributed by atoms with E-state index in [0.29, 0.717) is 66.8 Å². The van der Waals surface area contributed by atoms with Crippen LogP contribution in [0.1, 0.15) is 168 Å². The number of H-pyrrole nitrogens is 3. The minimum atomic E-state index is -1.33. The van der Waals surface area contributed by atoms with Gasteiger partial charge in [0.2, 0.25) is 16.3 Å². The minimum absolute atomic E-state index is 0. The number of anilines is 3. The second kappa shape index (κ2) is 29.1. The average molecular weight is 1320 g/mol. The zero-order valence-corrected chi connectivity index (χ0v) is 58.9. The number of aliphatic carboxylic acids is 1. The van der Waals surface area contributed by atoms with Crippen LogP contribution < -0.4 is 71.7 Å². The number of carbonyl (C=O) groups is 6. The summed E-state index contributed by atoms with van der Waals surface area (Å²) in [5, 5.41) is 42.7. The Balaban J connectivity index is 0.000000238. The number of aliphatic hydroxyl groups excluding tert-OH is 1. The van der Waals surface area contributed by atoms with Gasteiger partial charge in [-0.25, -0.2) is 4.79 Å². The molecule has 0 atom stereocenters. The van der Waals surface area contributed by atoms with E-state index < -0.39 is 56.3 Å².